The average molecular weight is 556 g/mol. The molecule has 0 spiro atoms. The van der Waals surface area contributed by atoms with Crippen molar-refractivity contribution in [3.8, 4) is 16.9 Å². The Kier molecular flexibility index (Phi) is 9.18. The van der Waals surface area contributed by atoms with Gasteiger partial charge in [-0.3, -0.25) is 24.4 Å². The highest BCUT2D eigenvalue weighted by Crippen LogP contribution is 2.25. The van der Waals surface area contributed by atoms with Gasteiger partial charge >= 0.3 is 0 Å². The summed E-state index contributed by atoms with van der Waals surface area (Å²) < 4.78 is 21.6. The van der Waals surface area contributed by atoms with Crippen LogP contribution in [0.5, 0.6) is 0 Å². The minimum atomic E-state index is -0.382. The zero-order valence-electron chi connectivity index (χ0n) is 23.1. The SMILES string of the molecule is Cc1ccc(-n2cc(-c3ccccc3)nc2NC(=O)CN(CCN2CCOCC2)C(=O)Cc2ccccc2)cc1F. The van der Waals surface area contributed by atoms with Gasteiger partial charge in [-0.2, -0.15) is 0 Å². The molecule has 9 heteroatoms. The summed E-state index contributed by atoms with van der Waals surface area (Å²) in [7, 11) is 0. The van der Waals surface area contributed by atoms with Crippen LogP contribution in [-0.2, 0) is 20.7 Å². The highest BCUT2D eigenvalue weighted by Gasteiger charge is 2.22. The fourth-order valence-corrected chi connectivity index (χ4v) is 4.74. The highest BCUT2D eigenvalue weighted by molar-refractivity contribution is 5.94. The lowest BCUT2D eigenvalue weighted by Gasteiger charge is -2.30. The van der Waals surface area contributed by atoms with E-state index in [0.717, 1.165) is 24.2 Å². The lowest BCUT2D eigenvalue weighted by molar-refractivity contribution is -0.134. The molecule has 5 rings (SSSR count). The Hall–Kier alpha value is -4.34. The maximum atomic E-state index is 14.5. The standard InChI is InChI=1S/C32H34FN5O3/c1-24-12-13-27(21-28(24)33)38-22-29(26-10-6-3-7-11-26)34-32(38)35-30(39)23-37(15-14-36-16-18-41-19-17-36)31(40)20-25-8-4-2-5-9-25/h2-13,21-22H,14-20,23H2,1H3,(H,34,35,39). The molecule has 1 fully saturated rings. The molecule has 1 aliphatic rings. The number of carbonyl (C=O) groups is 2. The van der Waals surface area contributed by atoms with Crippen LogP contribution in [-0.4, -0.2) is 77.1 Å². The molecule has 1 aliphatic heterocycles. The Morgan fingerprint density at radius 3 is 2.41 bits per heavy atom. The fraction of sp³-hybridized carbons (Fsp3) is 0.281. The predicted octanol–water partition coefficient (Wildman–Crippen LogP) is 4.33. The first-order valence-electron chi connectivity index (χ1n) is 13.8. The number of hydrogen-bond donors (Lipinski definition) is 1. The van der Waals surface area contributed by atoms with Crippen molar-refractivity contribution in [1.82, 2.24) is 19.4 Å². The average Bonchev–Trinajstić information content (AvgIpc) is 3.41. The number of halogens is 1. The number of anilines is 1. The molecule has 212 valence electrons. The van der Waals surface area contributed by atoms with Crippen LogP contribution in [0.2, 0.25) is 0 Å². The fourth-order valence-electron chi connectivity index (χ4n) is 4.74. The van der Waals surface area contributed by atoms with Crippen LogP contribution in [0, 0.1) is 12.7 Å². The van der Waals surface area contributed by atoms with Gasteiger partial charge in [-0.25, -0.2) is 9.37 Å². The van der Waals surface area contributed by atoms with E-state index in [4.69, 9.17) is 4.74 Å². The molecule has 0 aliphatic carbocycles. The number of morpholine rings is 1. The molecule has 2 amide bonds. The summed E-state index contributed by atoms with van der Waals surface area (Å²) in [5, 5.41) is 2.88. The van der Waals surface area contributed by atoms with Crippen molar-refractivity contribution in [2.24, 2.45) is 0 Å². The molecule has 0 atom stereocenters. The van der Waals surface area contributed by atoms with E-state index in [1.807, 2.05) is 60.7 Å². The first-order valence-corrected chi connectivity index (χ1v) is 13.8. The molecular formula is C32H34FN5O3. The van der Waals surface area contributed by atoms with E-state index in [1.54, 1.807) is 34.7 Å². The molecular weight excluding hydrogens is 521 g/mol. The van der Waals surface area contributed by atoms with E-state index < -0.39 is 0 Å². The number of nitrogens with one attached hydrogen (secondary N) is 1. The Morgan fingerprint density at radius 2 is 1.71 bits per heavy atom. The molecule has 0 radical (unpaired) electrons. The van der Waals surface area contributed by atoms with Gasteiger partial charge in [0.2, 0.25) is 17.8 Å². The predicted molar refractivity (Wildman–Crippen MR) is 156 cm³/mol. The van der Waals surface area contributed by atoms with Crippen LogP contribution in [0.1, 0.15) is 11.1 Å². The summed E-state index contributed by atoms with van der Waals surface area (Å²) in [4.78, 5) is 35.3. The third kappa shape index (κ3) is 7.45. The van der Waals surface area contributed by atoms with E-state index in [-0.39, 0.29) is 36.5 Å². The largest absolute Gasteiger partial charge is 0.379 e. The molecule has 0 unspecified atom stereocenters. The topological polar surface area (TPSA) is 79.7 Å². The van der Waals surface area contributed by atoms with Crippen LogP contribution in [0.15, 0.2) is 85.1 Å². The van der Waals surface area contributed by atoms with Gasteiger partial charge in [-0.05, 0) is 30.2 Å². The first kappa shape index (κ1) is 28.2. The Bertz CT molecular complexity index is 1470. The van der Waals surface area contributed by atoms with Crippen LogP contribution < -0.4 is 5.32 Å². The van der Waals surface area contributed by atoms with Crippen molar-refractivity contribution in [3.63, 3.8) is 0 Å². The molecule has 0 bridgehead atoms. The van der Waals surface area contributed by atoms with Gasteiger partial charge in [0.05, 0.1) is 37.6 Å². The van der Waals surface area contributed by atoms with Crippen molar-refractivity contribution in [1.29, 1.82) is 0 Å². The smallest absolute Gasteiger partial charge is 0.246 e. The number of nitrogens with zero attached hydrogens (tertiary/aromatic N) is 4. The van der Waals surface area contributed by atoms with Gasteiger partial charge in [0.25, 0.3) is 0 Å². The number of carbonyl (C=O) groups excluding carboxylic acids is 2. The molecule has 4 aromatic rings. The Morgan fingerprint density at radius 1 is 1.00 bits per heavy atom. The number of aromatic nitrogens is 2. The quantitative estimate of drug-likeness (QED) is 0.315. The third-order valence-electron chi connectivity index (χ3n) is 7.14. The van der Waals surface area contributed by atoms with E-state index in [1.165, 1.54) is 6.07 Å². The summed E-state index contributed by atoms with van der Waals surface area (Å²) in [6.45, 7) is 5.52. The van der Waals surface area contributed by atoms with Gasteiger partial charge in [-0.1, -0.05) is 66.7 Å². The molecule has 1 aromatic heterocycles. The molecule has 8 nitrogen and oxygen atoms in total. The normalized spacial score (nSPS) is 13.6. The Labute approximate surface area is 239 Å². The number of hydrogen-bond acceptors (Lipinski definition) is 5. The third-order valence-corrected chi connectivity index (χ3v) is 7.14. The van der Waals surface area contributed by atoms with Crippen molar-refractivity contribution in [3.05, 3.63) is 102 Å². The van der Waals surface area contributed by atoms with Gasteiger partial charge in [-0.15, -0.1) is 0 Å². The zero-order chi connectivity index (χ0) is 28.6. The van der Waals surface area contributed by atoms with Gasteiger partial charge in [0.1, 0.15) is 5.82 Å². The molecule has 2 heterocycles. The van der Waals surface area contributed by atoms with E-state index >= 15 is 0 Å². The summed E-state index contributed by atoms with van der Waals surface area (Å²) in [6, 6.07) is 24.0. The minimum absolute atomic E-state index is 0.131. The minimum Gasteiger partial charge on any atom is -0.379 e. The number of rotatable bonds is 10. The summed E-state index contributed by atoms with van der Waals surface area (Å²) in [5.41, 5.74) is 3.43. The summed E-state index contributed by atoms with van der Waals surface area (Å²) in [5.74, 6) is -0.614. The van der Waals surface area contributed by atoms with Crippen molar-refractivity contribution in [2.45, 2.75) is 13.3 Å². The summed E-state index contributed by atoms with van der Waals surface area (Å²) in [6.07, 6.45) is 1.97. The monoisotopic (exact) mass is 555 g/mol. The highest BCUT2D eigenvalue weighted by atomic mass is 19.1. The number of aryl methyl sites for hydroxylation is 1. The molecule has 3 aromatic carbocycles. The van der Waals surface area contributed by atoms with Gasteiger partial charge in [0, 0.05) is 37.9 Å². The maximum Gasteiger partial charge on any atom is 0.246 e. The lowest BCUT2D eigenvalue weighted by atomic mass is 10.1. The second-order valence-corrected chi connectivity index (χ2v) is 10.1. The van der Waals surface area contributed by atoms with Crippen LogP contribution in [0.3, 0.4) is 0 Å². The Balaban J connectivity index is 1.36. The number of imidazole rings is 1. The number of amides is 2. The zero-order valence-corrected chi connectivity index (χ0v) is 23.1. The lowest BCUT2D eigenvalue weighted by Crippen LogP contribution is -2.45. The molecule has 1 N–H and O–H groups in total. The van der Waals surface area contributed by atoms with E-state index in [9.17, 15) is 14.0 Å². The van der Waals surface area contributed by atoms with E-state index in [0.29, 0.717) is 43.2 Å². The molecule has 0 saturated carbocycles. The number of ether oxygens (including phenoxy) is 1. The van der Waals surface area contributed by atoms with Crippen molar-refractivity contribution in [2.75, 3.05) is 51.3 Å². The molecule has 1 saturated heterocycles. The number of benzene rings is 3. The van der Waals surface area contributed by atoms with Crippen LogP contribution >= 0.6 is 0 Å². The maximum absolute atomic E-state index is 14.5. The first-order chi connectivity index (χ1) is 20.0. The van der Waals surface area contributed by atoms with Crippen LogP contribution in [0.4, 0.5) is 10.3 Å². The molecule has 41 heavy (non-hydrogen) atoms. The van der Waals surface area contributed by atoms with Crippen molar-refractivity contribution < 1.29 is 18.7 Å². The van der Waals surface area contributed by atoms with Crippen LogP contribution in [0.25, 0.3) is 16.9 Å². The van der Waals surface area contributed by atoms with Gasteiger partial charge < -0.3 is 9.64 Å². The van der Waals surface area contributed by atoms with E-state index in [2.05, 4.69) is 15.2 Å². The summed E-state index contributed by atoms with van der Waals surface area (Å²) >= 11 is 0. The van der Waals surface area contributed by atoms with Crippen molar-refractivity contribution >= 4 is 17.8 Å². The second-order valence-electron chi connectivity index (χ2n) is 10.1. The second kappa shape index (κ2) is 13.3. The van der Waals surface area contributed by atoms with Gasteiger partial charge in [0.15, 0.2) is 0 Å².